The molecule has 152 valence electrons. The van der Waals surface area contributed by atoms with Crippen LogP contribution in [0.1, 0.15) is 28.1 Å². The molecule has 5 rings (SSSR count). The number of aromatic nitrogens is 3. The maximum atomic E-state index is 10.1. The molecule has 4 heteroatoms. The molecule has 4 nitrogen and oxygen atoms in total. The van der Waals surface area contributed by atoms with Crippen LogP contribution in [0, 0.1) is 6.92 Å². The monoisotopic (exact) mass is 405 g/mol. The molecule has 0 spiro atoms. The second-order valence-electron chi connectivity index (χ2n) is 7.67. The van der Waals surface area contributed by atoms with Crippen molar-refractivity contribution in [2.75, 3.05) is 0 Å². The summed E-state index contributed by atoms with van der Waals surface area (Å²) < 4.78 is 2.06. The fraction of sp³-hybridized carbons (Fsp3) is 0.111. The van der Waals surface area contributed by atoms with E-state index < -0.39 is 5.54 Å². The molecule has 0 amide bonds. The maximum Gasteiger partial charge on any atom is 0.138 e. The van der Waals surface area contributed by atoms with Crippen molar-refractivity contribution in [2.45, 2.75) is 19.1 Å². The lowest BCUT2D eigenvalue weighted by Gasteiger charge is -2.37. The van der Waals surface area contributed by atoms with Crippen LogP contribution in [0.3, 0.4) is 0 Å². The number of aliphatic hydroxyl groups excluding tert-OH is 1. The lowest BCUT2D eigenvalue weighted by atomic mass is 9.77. The fourth-order valence-electron chi connectivity index (χ4n) is 4.45. The Labute approximate surface area is 181 Å². The fourth-order valence-corrected chi connectivity index (χ4v) is 4.45. The van der Waals surface area contributed by atoms with Crippen LogP contribution in [0.2, 0.25) is 0 Å². The minimum Gasteiger partial charge on any atom is -0.390 e. The van der Waals surface area contributed by atoms with Crippen molar-refractivity contribution in [1.29, 1.82) is 0 Å². The third kappa shape index (κ3) is 3.04. The van der Waals surface area contributed by atoms with E-state index in [9.17, 15) is 5.11 Å². The summed E-state index contributed by atoms with van der Waals surface area (Å²) in [4.78, 5) is 4.47. The summed E-state index contributed by atoms with van der Waals surface area (Å²) >= 11 is 0. The molecule has 0 atom stereocenters. The quantitative estimate of drug-likeness (QED) is 0.415. The van der Waals surface area contributed by atoms with E-state index in [-0.39, 0.29) is 6.61 Å². The van der Waals surface area contributed by atoms with Gasteiger partial charge in [-0.2, -0.15) is 5.10 Å². The second-order valence-corrected chi connectivity index (χ2v) is 7.67. The van der Waals surface area contributed by atoms with Crippen LogP contribution >= 0.6 is 0 Å². The highest BCUT2D eigenvalue weighted by Gasteiger charge is 2.40. The number of hydrogen-bond donors (Lipinski definition) is 1. The van der Waals surface area contributed by atoms with Gasteiger partial charge in [0.2, 0.25) is 0 Å². The van der Waals surface area contributed by atoms with Gasteiger partial charge in [-0.05, 0) is 29.7 Å². The smallest absolute Gasteiger partial charge is 0.138 e. The van der Waals surface area contributed by atoms with E-state index in [0.717, 1.165) is 33.3 Å². The zero-order valence-corrected chi connectivity index (χ0v) is 17.3. The molecule has 0 aliphatic carbocycles. The first-order chi connectivity index (χ1) is 15.2. The van der Waals surface area contributed by atoms with Gasteiger partial charge in [0.1, 0.15) is 5.54 Å². The summed E-state index contributed by atoms with van der Waals surface area (Å²) in [6.07, 6.45) is 1.81. The van der Waals surface area contributed by atoms with E-state index in [0.29, 0.717) is 5.69 Å². The Bertz CT molecular complexity index is 1220. The molecule has 0 saturated heterocycles. The number of fused-ring (bicyclic) bond motifs is 1. The Morgan fingerprint density at radius 1 is 0.774 bits per heavy atom. The molecular formula is C27H23N3O. The van der Waals surface area contributed by atoms with Gasteiger partial charge in [0, 0.05) is 17.3 Å². The summed E-state index contributed by atoms with van der Waals surface area (Å²) in [7, 11) is 0. The van der Waals surface area contributed by atoms with Gasteiger partial charge < -0.3 is 5.11 Å². The van der Waals surface area contributed by atoms with Crippen LogP contribution in [0.4, 0.5) is 0 Å². The van der Waals surface area contributed by atoms with E-state index in [1.807, 2.05) is 37.4 Å². The van der Waals surface area contributed by atoms with Crippen molar-refractivity contribution in [1.82, 2.24) is 14.8 Å². The highest BCUT2D eigenvalue weighted by Crippen LogP contribution is 2.42. The first-order valence-electron chi connectivity index (χ1n) is 10.4. The molecule has 3 aromatic carbocycles. The molecule has 0 aliphatic rings. The SMILES string of the molecule is Cc1cc2c(cn1)c(CO)nn2C(c1ccccc1)(c1ccccc1)c1ccccc1. The van der Waals surface area contributed by atoms with Crippen LogP contribution in [0.5, 0.6) is 0 Å². The minimum atomic E-state index is -0.719. The predicted molar refractivity (Wildman–Crippen MR) is 123 cm³/mol. The Morgan fingerprint density at radius 3 is 1.71 bits per heavy atom. The van der Waals surface area contributed by atoms with E-state index in [4.69, 9.17) is 5.10 Å². The van der Waals surface area contributed by atoms with E-state index in [2.05, 4.69) is 82.5 Å². The number of hydrogen-bond acceptors (Lipinski definition) is 3. The van der Waals surface area contributed by atoms with Crippen LogP contribution < -0.4 is 0 Å². The van der Waals surface area contributed by atoms with Crippen LogP contribution in [0.25, 0.3) is 10.9 Å². The molecule has 0 bridgehead atoms. The predicted octanol–water partition coefficient (Wildman–Crippen LogP) is 5.07. The molecule has 0 unspecified atom stereocenters. The number of benzene rings is 3. The third-order valence-corrected chi connectivity index (χ3v) is 5.82. The van der Waals surface area contributed by atoms with Crippen molar-refractivity contribution in [3.05, 3.63) is 131 Å². The molecule has 2 heterocycles. The van der Waals surface area contributed by atoms with Crippen molar-refractivity contribution in [2.24, 2.45) is 0 Å². The molecule has 5 aromatic rings. The van der Waals surface area contributed by atoms with E-state index in [1.54, 1.807) is 0 Å². The zero-order chi connectivity index (χ0) is 21.3. The van der Waals surface area contributed by atoms with Gasteiger partial charge in [-0.1, -0.05) is 91.0 Å². The lowest BCUT2D eigenvalue weighted by molar-refractivity contribution is 0.275. The summed E-state index contributed by atoms with van der Waals surface area (Å²) in [5, 5.41) is 15.9. The van der Waals surface area contributed by atoms with Crippen LogP contribution in [-0.2, 0) is 12.1 Å². The lowest BCUT2D eigenvalue weighted by Crippen LogP contribution is -2.38. The largest absolute Gasteiger partial charge is 0.390 e. The molecule has 0 fully saturated rings. The number of aliphatic hydroxyl groups is 1. The summed E-state index contributed by atoms with van der Waals surface area (Å²) in [5.41, 5.74) is 5.02. The molecule has 0 radical (unpaired) electrons. The second kappa shape index (κ2) is 7.82. The summed E-state index contributed by atoms with van der Waals surface area (Å²) in [5.74, 6) is 0. The topological polar surface area (TPSA) is 50.9 Å². The van der Waals surface area contributed by atoms with E-state index in [1.165, 1.54) is 0 Å². The first kappa shape index (κ1) is 19.2. The molecule has 1 N–H and O–H groups in total. The highest BCUT2D eigenvalue weighted by molar-refractivity contribution is 5.82. The average Bonchev–Trinajstić information content (AvgIpc) is 3.20. The van der Waals surface area contributed by atoms with Gasteiger partial charge in [-0.15, -0.1) is 0 Å². The molecule has 2 aromatic heterocycles. The number of pyridine rings is 1. The van der Waals surface area contributed by atoms with Crippen molar-refractivity contribution >= 4 is 10.9 Å². The minimum absolute atomic E-state index is 0.150. The Hall–Kier alpha value is -3.76. The number of aryl methyl sites for hydroxylation is 1. The maximum absolute atomic E-state index is 10.1. The van der Waals surface area contributed by atoms with Gasteiger partial charge in [0.05, 0.1) is 17.8 Å². The third-order valence-electron chi connectivity index (χ3n) is 5.82. The normalized spacial score (nSPS) is 11.7. The van der Waals surface area contributed by atoms with Crippen LogP contribution in [0.15, 0.2) is 103 Å². The molecule has 31 heavy (non-hydrogen) atoms. The van der Waals surface area contributed by atoms with Gasteiger partial charge in [0.15, 0.2) is 0 Å². The van der Waals surface area contributed by atoms with Gasteiger partial charge >= 0.3 is 0 Å². The van der Waals surface area contributed by atoms with E-state index >= 15 is 0 Å². The Kier molecular flexibility index (Phi) is 4.85. The van der Waals surface area contributed by atoms with Gasteiger partial charge in [0.25, 0.3) is 0 Å². The highest BCUT2D eigenvalue weighted by atomic mass is 16.3. The van der Waals surface area contributed by atoms with Crippen molar-refractivity contribution in [3.8, 4) is 0 Å². The van der Waals surface area contributed by atoms with Gasteiger partial charge in [-0.25, -0.2) is 4.68 Å². The Balaban J connectivity index is 1.99. The number of nitrogens with zero attached hydrogens (tertiary/aromatic N) is 3. The van der Waals surface area contributed by atoms with Gasteiger partial charge in [-0.3, -0.25) is 4.98 Å². The van der Waals surface area contributed by atoms with Crippen molar-refractivity contribution < 1.29 is 5.11 Å². The first-order valence-corrected chi connectivity index (χ1v) is 10.4. The molecular weight excluding hydrogens is 382 g/mol. The molecule has 0 aliphatic heterocycles. The Morgan fingerprint density at radius 2 is 1.26 bits per heavy atom. The summed E-state index contributed by atoms with van der Waals surface area (Å²) in [6, 6.07) is 33.3. The molecule has 0 saturated carbocycles. The average molecular weight is 406 g/mol. The van der Waals surface area contributed by atoms with Crippen LogP contribution in [-0.4, -0.2) is 19.9 Å². The zero-order valence-electron chi connectivity index (χ0n) is 17.3. The van der Waals surface area contributed by atoms with Crippen molar-refractivity contribution in [3.63, 3.8) is 0 Å². The number of rotatable bonds is 5. The summed E-state index contributed by atoms with van der Waals surface area (Å²) in [6.45, 7) is 1.83. The standard InChI is InChI=1S/C27H23N3O/c1-20-17-26-24(18-28-20)25(19-31)29-30(26)27(21-11-5-2-6-12-21,22-13-7-3-8-14-22)23-15-9-4-10-16-23/h2-18,31H,19H2,1H3.